The molecule has 3 aromatic rings. The highest BCUT2D eigenvalue weighted by molar-refractivity contribution is 9.10. The lowest BCUT2D eigenvalue weighted by atomic mass is 10.2. The molecular formula is C21H22BrN3O3. The van der Waals surface area contributed by atoms with Gasteiger partial charge in [-0.05, 0) is 48.0 Å². The van der Waals surface area contributed by atoms with Crippen molar-refractivity contribution in [3.05, 3.63) is 58.7 Å². The van der Waals surface area contributed by atoms with Crippen LogP contribution in [-0.4, -0.2) is 29.5 Å². The maximum Gasteiger partial charge on any atom is 0.257 e. The molecule has 0 saturated carbocycles. The maximum absolute atomic E-state index is 12.6. The Hall–Kier alpha value is -2.80. The van der Waals surface area contributed by atoms with Gasteiger partial charge in [0.1, 0.15) is 12.3 Å². The molecule has 0 fully saturated rings. The molecule has 2 amide bonds. The van der Waals surface area contributed by atoms with Crippen LogP contribution >= 0.6 is 15.9 Å². The number of halogens is 1. The maximum atomic E-state index is 12.6. The minimum atomic E-state index is -0.183. The van der Waals surface area contributed by atoms with Crippen LogP contribution in [0.4, 0.5) is 5.69 Å². The molecule has 7 heteroatoms. The molecule has 0 bridgehead atoms. The molecule has 0 aliphatic carbocycles. The van der Waals surface area contributed by atoms with Crippen LogP contribution in [0.25, 0.3) is 10.9 Å². The van der Waals surface area contributed by atoms with Gasteiger partial charge in [-0.3, -0.25) is 9.59 Å². The number of rotatable bonds is 7. The molecule has 0 spiro atoms. The van der Waals surface area contributed by atoms with E-state index in [1.165, 1.54) is 0 Å². The monoisotopic (exact) mass is 443 g/mol. The Morgan fingerprint density at radius 2 is 1.89 bits per heavy atom. The molecular weight excluding hydrogens is 422 g/mol. The third-order valence-corrected chi connectivity index (χ3v) is 5.32. The number of fused-ring (bicyclic) bond motifs is 1. The van der Waals surface area contributed by atoms with Crippen molar-refractivity contribution in [2.24, 2.45) is 0 Å². The largest absolute Gasteiger partial charge is 0.484 e. The number of anilines is 1. The van der Waals surface area contributed by atoms with E-state index < -0.39 is 0 Å². The molecule has 3 rings (SSSR count). The molecule has 1 aromatic heterocycles. The average molecular weight is 444 g/mol. The number of nitrogens with one attached hydrogen (secondary N) is 2. The predicted molar refractivity (Wildman–Crippen MR) is 114 cm³/mol. The Bertz CT molecular complexity index is 1010. The molecule has 146 valence electrons. The second-order valence-electron chi connectivity index (χ2n) is 6.32. The Morgan fingerprint density at radius 1 is 1.11 bits per heavy atom. The van der Waals surface area contributed by atoms with Crippen LogP contribution in [0.5, 0.6) is 5.75 Å². The fourth-order valence-corrected chi connectivity index (χ4v) is 3.55. The lowest BCUT2D eigenvalue weighted by Gasteiger charge is -2.11. The number of para-hydroxylation sites is 1. The number of amides is 2. The lowest BCUT2D eigenvalue weighted by molar-refractivity contribution is -0.123. The van der Waals surface area contributed by atoms with Crippen LogP contribution in [0.3, 0.4) is 0 Å². The zero-order chi connectivity index (χ0) is 20.1. The normalized spacial score (nSPS) is 10.7. The quantitative estimate of drug-likeness (QED) is 0.581. The van der Waals surface area contributed by atoms with E-state index >= 15 is 0 Å². The van der Waals surface area contributed by atoms with E-state index in [0.717, 1.165) is 21.1 Å². The molecule has 0 saturated heterocycles. The minimum Gasteiger partial charge on any atom is -0.484 e. The smallest absolute Gasteiger partial charge is 0.257 e. The lowest BCUT2D eigenvalue weighted by Crippen LogP contribution is -2.28. The fourth-order valence-electron chi connectivity index (χ4n) is 3.00. The second-order valence-corrected chi connectivity index (χ2v) is 7.11. The Labute approximate surface area is 172 Å². The molecule has 1 heterocycles. The van der Waals surface area contributed by atoms with E-state index in [-0.39, 0.29) is 25.0 Å². The molecule has 0 aliphatic rings. The van der Waals surface area contributed by atoms with E-state index in [4.69, 9.17) is 4.74 Å². The van der Waals surface area contributed by atoms with Crippen LogP contribution < -0.4 is 15.4 Å². The SMILES string of the molecule is CCNC(=O)COc1cccc(NC(=O)Cn2c(C)c(Br)c3ccccc32)c1. The number of nitrogens with zero attached hydrogens (tertiary/aromatic N) is 1. The number of aromatic nitrogens is 1. The summed E-state index contributed by atoms with van der Waals surface area (Å²) in [4.78, 5) is 24.1. The number of benzene rings is 2. The van der Waals surface area contributed by atoms with Crippen molar-refractivity contribution < 1.29 is 14.3 Å². The van der Waals surface area contributed by atoms with Crippen molar-refractivity contribution in [2.75, 3.05) is 18.5 Å². The average Bonchev–Trinajstić information content (AvgIpc) is 2.92. The summed E-state index contributed by atoms with van der Waals surface area (Å²) in [5, 5.41) is 6.64. The van der Waals surface area contributed by atoms with Crippen LogP contribution in [-0.2, 0) is 16.1 Å². The summed E-state index contributed by atoms with van der Waals surface area (Å²) in [6.07, 6.45) is 0. The summed E-state index contributed by atoms with van der Waals surface area (Å²) in [5.74, 6) is 0.198. The summed E-state index contributed by atoms with van der Waals surface area (Å²) in [6, 6.07) is 15.0. The van der Waals surface area contributed by atoms with Crippen molar-refractivity contribution in [3.8, 4) is 5.75 Å². The topological polar surface area (TPSA) is 72.4 Å². The van der Waals surface area contributed by atoms with Crippen molar-refractivity contribution in [2.45, 2.75) is 20.4 Å². The van der Waals surface area contributed by atoms with Gasteiger partial charge in [-0.1, -0.05) is 24.3 Å². The number of likely N-dealkylation sites (N-methyl/N-ethyl adjacent to an activating group) is 1. The highest BCUT2D eigenvalue weighted by Gasteiger charge is 2.14. The van der Waals surface area contributed by atoms with Gasteiger partial charge >= 0.3 is 0 Å². The number of hydrogen-bond donors (Lipinski definition) is 2. The minimum absolute atomic E-state index is 0.0617. The van der Waals surface area contributed by atoms with E-state index in [1.54, 1.807) is 24.3 Å². The number of carbonyl (C=O) groups is 2. The van der Waals surface area contributed by atoms with Gasteiger partial charge in [0.15, 0.2) is 6.61 Å². The molecule has 0 unspecified atom stereocenters. The zero-order valence-corrected chi connectivity index (χ0v) is 17.4. The van der Waals surface area contributed by atoms with Gasteiger partial charge in [0.25, 0.3) is 5.91 Å². The highest BCUT2D eigenvalue weighted by atomic mass is 79.9. The zero-order valence-electron chi connectivity index (χ0n) is 15.8. The van der Waals surface area contributed by atoms with Gasteiger partial charge in [-0.25, -0.2) is 0 Å². The molecule has 6 nitrogen and oxygen atoms in total. The van der Waals surface area contributed by atoms with Gasteiger partial charge in [0, 0.05) is 39.4 Å². The van der Waals surface area contributed by atoms with E-state index in [0.29, 0.717) is 18.0 Å². The van der Waals surface area contributed by atoms with Crippen LogP contribution in [0, 0.1) is 6.92 Å². The molecule has 0 atom stereocenters. The Morgan fingerprint density at radius 3 is 2.68 bits per heavy atom. The van der Waals surface area contributed by atoms with E-state index in [2.05, 4.69) is 26.6 Å². The van der Waals surface area contributed by atoms with Crippen molar-refractivity contribution in [3.63, 3.8) is 0 Å². The fraction of sp³-hybridized carbons (Fsp3) is 0.238. The summed E-state index contributed by atoms with van der Waals surface area (Å²) >= 11 is 3.61. The Balaban J connectivity index is 1.68. The second kappa shape index (κ2) is 8.93. The third-order valence-electron chi connectivity index (χ3n) is 4.32. The van der Waals surface area contributed by atoms with Crippen LogP contribution in [0.15, 0.2) is 53.0 Å². The first-order valence-corrected chi connectivity index (χ1v) is 9.81. The standard InChI is InChI=1S/C21H22BrN3O3/c1-3-23-20(27)13-28-16-8-6-7-15(11-16)24-19(26)12-25-14(2)21(22)17-9-4-5-10-18(17)25/h4-11H,3,12-13H2,1-2H3,(H,23,27)(H,24,26). The summed E-state index contributed by atoms with van der Waals surface area (Å²) in [7, 11) is 0. The van der Waals surface area contributed by atoms with Crippen molar-refractivity contribution >= 4 is 44.3 Å². The van der Waals surface area contributed by atoms with Gasteiger partial charge in [-0.15, -0.1) is 0 Å². The molecule has 0 aliphatic heterocycles. The predicted octanol–water partition coefficient (Wildman–Crippen LogP) is 3.87. The van der Waals surface area contributed by atoms with E-state index in [1.807, 2.05) is 42.7 Å². The first kappa shape index (κ1) is 19.9. The summed E-state index contributed by atoms with van der Waals surface area (Å²) < 4.78 is 8.44. The van der Waals surface area contributed by atoms with Crippen molar-refractivity contribution in [1.29, 1.82) is 0 Å². The molecule has 28 heavy (non-hydrogen) atoms. The first-order chi connectivity index (χ1) is 13.5. The summed E-state index contributed by atoms with van der Waals surface area (Å²) in [6.45, 7) is 4.52. The first-order valence-electron chi connectivity index (χ1n) is 9.02. The van der Waals surface area contributed by atoms with E-state index in [9.17, 15) is 9.59 Å². The number of ether oxygens (including phenoxy) is 1. The van der Waals surface area contributed by atoms with Gasteiger partial charge in [0.2, 0.25) is 5.91 Å². The Kier molecular flexibility index (Phi) is 6.36. The van der Waals surface area contributed by atoms with Crippen LogP contribution in [0.1, 0.15) is 12.6 Å². The van der Waals surface area contributed by atoms with Crippen LogP contribution in [0.2, 0.25) is 0 Å². The van der Waals surface area contributed by atoms with Gasteiger partial charge in [-0.2, -0.15) is 0 Å². The van der Waals surface area contributed by atoms with Gasteiger partial charge in [0.05, 0.1) is 0 Å². The molecule has 2 N–H and O–H groups in total. The molecule has 2 aromatic carbocycles. The number of hydrogen-bond acceptors (Lipinski definition) is 3. The van der Waals surface area contributed by atoms with Gasteiger partial charge < -0.3 is 19.9 Å². The highest BCUT2D eigenvalue weighted by Crippen LogP contribution is 2.30. The van der Waals surface area contributed by atoms with Crippen molar-refractivity contribution in [1.82, 2.24) is 9.88 Å². The molecule has 0 radical (unpaired) electrons. The third kappa shape index (κ3) is 4.54. The number of carbonyl (C=O) groups excluding carboxylic acids is 2. The summed E-state index contributed by atoms with van der Waals surface area (Å²) in [5.41, 5.74) is 2.61.